The Morgan fingerprint density at radius 2 is 1.96 bits per heavy atom. The molecule has 5 nitrogen and oxygen atoms in total. The first kappa shape index (κ1) is 18.6. The van der Waals surface area contributed by atoms with E-state index >= 15 is 0 Å². The second-order valence-electron chi connectivity index (χ2n) is 7.44. The first-order valence-electron chi connectivity index (χ1n) is 8.70. The van der Waals surface area contributed by atoms with Crippen LogP contribution >= 0.6 is 11.3 Å². The van der Waals surface area contributed by atoms with Crippen LogP contribution in [-0.2, 0) is 0 Å². The molecular weight excluding hydrogens is 346 g/mol. The standard InChI is InChI=1S/C20H25N3O2S/c1-12(2)21-19-23-18(10-26-19)17-8-13(3)15-7-6-14(9-16(15)22-17)25-11-20(4,5)24/h6-10,12,24H,11H2,1-5H3,(H,21,23). The lowest BCUT2D eigenvalue weighted by Crippen LogP contribution is -2.27. The number of thiazole rings is 1. The number of rotatable bonds is 6. The van der Waals surface area contributed by atoms with Crippen LogP contribution in [0.25, 0.3) is 22.3 Å². The zero-order valence-electron chi connectivity index (χ0n) is 15.8. The molecule has 26 heavy (non-hydrogen) atoms. The number of hydrogen-bond acceptors (Lipinski definition) is 6. The summed E-state index contributed by atoms with van der Waals surface area (Å²) in [5, 5.41) is 17.2. The Labute approximate surface area is 158 Å². The molecule has 0 spiro atoms. The van der Waals surface area contributed by atoms with Gasteiger partial charge in [-0.3, -0.25) is 0 Å². The summed E-state index contributed by atoms with van der Waals surface area (Å²) in [4.78, 5) is 9.42. The fourth-order valence-electron chi connectivity index (χ4n) is 2.57. The first-order chi connectivity index (χ1) is 12.2. The van der Waals surface area contributed by atoms with Gasteiger partial charge in [-0.05, 0) is 58.4 Å². The summed E-state index contributed by atoms with van der Waals surface area (Å²) in [6.45, 7) is 9.93. The minimum Gasteiger partial charge on any atom is -0.491 e. The molecule has 0 saturated heterocycles. The molecule has 0 radical (unpaired) electrons. The highest BCUT2D eigenvalue weighted by atomic mass is 32.1. The van der Waals surface area contributed by atoms with Gasteiger partial charge >= 0.3 is 0 Å². The van der Waals surface area contributed by atoms with E-state index in [1.807, 2.05) is 23.6 Å². The Balaban J connectivity index is 1.93. The van der Waals surface area contributed by atoms with E-state index in [2.05, 4.69) is 37.1 Å². The maximum Gasteiger partial charge on any atom is 0.183 e. The predicted molar refractivity (Wildman–Crippen MR) is 108 cm³/mol. The highest BCUT2D eigenvalue weighted by molar-refractivity contribution is 7.14. The predicted octanol–water partition coefficient (Wildman–Crippen LogP) is 4.64. The van der Waals surface area contributed by atoms with E-state index in [0.29, 0.717) is 11.8 Å². The summed E-state index contributed by atoms with van der Waals surface area (Å²) in [6, 6.07) is 8.24. The van der Waals surface area contributed by atoms with E-state index in [1.165, 1.54) is 0 Å². The Hall–Kier alpha value is -2.18. The van der Waals surface area contributed by atoms with Crippen LogP contribution in [0, 0.1) is 6.92 Å². The highest BCUT2D eigenvalue weighted by Crippen LogP contribution is 2.29. The van der Waals surface area contributed by atoms with Gasteiger partial charge in [0.1, 0.15) is 18.1 Å². The van der Waals surface area contributed by atoms with Crippen LogP contribution in [0.5, 0.6) is 5.75 Å². The fourth-order valence-corrected chi connectivity index (χ4v) is 3.42. The number of fused-ring (bicyclic) bond motifs is 1. The van der Waals surface area contributed by atoms with E-state index < -0.39 is 5.60 Å². The van der Waals surface area contributed by atoms with Gasteiger partial charge in [0.2, 0.25) is 0 Å². The van der Waals surface area contributed by atoms with E-state index in [0.717, 1.165) is 33.0 Å². The molecule has 6 heteroatoms. The molecule has 0 atom stereocenters. The van der Waals surface area contributed by atoms with Crippen molar-refractivity contribution in [2.75, 3.05) is 11.9 Å². The average Bonchev–Trinajstić information content (AvgIpc) is 2.99. The maximum absolute atomic E-state index is 9.84. The molecule has 0 aliphatic carbocycles. The lowest BCUT2D eigenvalue weighted by Gasteiger charge is -2.18. The third-order valence-corrected chi connectivity index (χ3v) is 4.53. The number of nitrogens with zero attached hydrogens (tertiary/aromatic N) is 2. The Morgan fingerprint density at radius 3 is 2.65 bits per heavy atom. The van der Waals surface area contributed by atoms with Gasteiger partial charge in [0, 0.05) is 22.9 Å². The first-order valence-corrected chi connectivity index (χ1v) is 9.58. The molecule has 3 rings (SSSR count). The second-order valence-corrected chi connectivity index (χ2v) is 8.30. The number of ether oxygens (including phenoxy) is 1. The van der Waals surface area contributed by atoms with Crippen molar-refractivity contribution in [3.05, 3.63) is 35.2 Å². The zero-order chi connectivity index (χ0) is 18.9. The summed E-state index contributed by atoms with van der Waals surface area (Å²) in [7, 11) is 0. The van der Waals surface area contributed by atoms with Crippen LogP contribution in [0.3, 0.4) is 0 Å². The number of pyridine rings is 1. The number of hydrogen-bond donors (Lipinski definition) is 2. The van der Waals surface area contributed by atoms with Crippen molar-refractivity contribution in [1.29, 1.82) is 0 Å². The molecule has 0 amide bonds. The van der Waals surface area contributed by atoms with Gasteiger partial charge < -0.3 is 15.2 Å². The second kappa shape index (κ2) is 7.21. The van der Waals surface area contributed by atoms with Crippen LogP contribution in [0.1, 0.15) is 33.3 Å². The SMILES string of the molecule is Cc1cc(-c2csc(NC(C)C)n2)nc2cc(OCC(C)(C)O)ccc12. The van der Waals surface area contributed by atoms with Crippen molar-refractivity contribution in [3.63, 3.8) is 0 Å². The minimum absolute atomic E-state index is 0.230. The topological polar surface area (TPSA) is 67.3 Å². The number of aromatic nitrogens is 2. The molecule has 138 valence electrons. The number of benzene rings is 1. The van der Waals surface area contributed by atoms with Crippen molar-refractivity contribution in [2.45, 2.75) is 46.3 Å². The molecule has 0 fully saturated rings. The highest BCUT2D eigenvalue weighted by Gasteiger charge is 2.14. The minimum atomic E-state index is -0.874. The molecule has 0 bridgehead atoms. The Morgan fingerprint density at radius 1 is 1.19 bits per heavy atom. The maximum atomic E-state index is 9.84. The zero-order valence-corrected chi connectivity index (χ0v) is 16.6. The van der Waals surface area contributed by atoms with Gasteiger partial charge in [0.05, 0.1) is 16.8 Å². The van der Waals surface area contributed by atoms with Crippen molar-refractivity contribution in [3.8, 4) is 17.1 Å². The fraction of sp³-hybridized carbons (Fsp3) is 0.400. The van der Waals surface area contributed by atoms with Gasteiger partial charge in [0.25, 0.3) is 0 Å². The molecule has 1 aromatic carbocycles. The van der Waals surface area contributed by atoms with Gasteiger partial charge in [-0.1, -0.05) is 0 Å². The monoisotopic (exact) mass is 371 g/mol. The summed E-state index contributed by atoms with van der Waals surface area (Å²) in [6.07, 6.45) is 0. The van der Waals surface area contributed by atoms with Crippen LogP contribution in [0.4, 0.5) is 5.13 Å². The third-order valence-electron chi connectivity index (χ3n) is 3.76. The number of anilines is 1. The summed E-state index contributed by atoms with van der Waals surface area (Å²) in [5.41, 5.74) is 2.85. The van der Waals surface area contributed by atoms with Gasteiger partial charge in [-0.15, -0.1) is 11.3 Å². The normalized spacial score (nSPS) is 12.0. The van der Waals surface area contributed by atoms with Crippen molar-refractivity contribution >= 4 is 27.4 Å². The summed E-state index contributed by atoms with van der Waals surface area (Å²) in [5.74, 6) is 0.698. The van der Waals surface area contributed by atoms with Gasteiger partial charge in [-0.2, -0.15) is 0 Å². The van der Waals surface area contributed by atoms with E-state index in [9.17, 15) is 5.11 Å². The van der Waals surface area contributed by atoms with E-state index in [4.69, 9.17) is 9.72 Å². The van der Waals surface area contributed by atoms with Crippen LogP contribution in [0.15, 0.2) is 29.6 Å². The molecule has 3 aromatic rings. The van der Waals surface area contributed by atoms with Crippen molar-refractivity contribution in [1.82, 2.24) is 9.97 Å². The van der Waals surface area contributed by atoms with Gasteiger partial charge in [0.15, 0.2) is 5.13 Å². The van der Waals surface area contributed by atoms with Gasteiger partial charge in [-0.25, -0.2) is 9.97 Å². The number of nitrogens with one attached hydrogen (secondary N) is 1. The van der Waals surface area contributed by atoms with Crippen LogP contribution in [0.2, 0.25) is 0 Å². The van der Waals surface area contributed by atoms with Crippen LogP contribution in [-0.4, -0.2) is 33.3 Å². The van der Waals surface area contributed by atoms with Crippen molar-refractivity contribution in [2.24, 2.45) is 0 Å². The largest absolute Gasteiger partial charge is 0.491 e. The molecule has 0 aliphatic heterocycles. The van der Waals surface area contributed by atoms with E-state index in [1.54, 1.807) is 25.2 Å². The van der Waals surface area contributed by atoms with Crippen molar-refractivity contribution < 1.29 is 9.84 Å². The molecule has 0 aliphatic rings. The van der Waals surface area contributed by atoms with E-state index in [-0.39, 0.29) is 6.61 Å². The summed E-state index contributed by atoms with van der Waals surface area (Å²) >= 11 is 1.58. The average molecular weight is 372 g/mol. The summed E-state index contributed by atoms with van der Waals surface area (Å²) < 4.78 is 5.70. The number of aryl methyl sites for hydroxylation is 1. The smallest absolute Gasteiger partial charge is 0.183 e. The molecular formula is C20H25N3O2S. The number of aliphatic hydroxyl groups is 1. The Bertz CT molecular complexity index is 913. The lowest BCUT2D eigenvalue weighted by atomic mass is 10.1. The molecule has 0 saturated carbocycles. The molecule has 2 heterocycles. The lowest BCUT2D eigenvalue weighted by molar-refractivity contribution is 0.0285. The molecule has 2 aromatic heterocycles. The van der Waals surface area contributed by atoms with Crippen LogP contribution < -0.4 is 10.1 Å². The third kappa shape index (κ3) is 4.51. The molecule has 2 N–H and O–H groups in total. The quantitative estimate of drug-likeness (QED) is 0.661. The Kier molecular flexibility index (Phi) is 5.16. The molecule has 0 unspecified atom stereocenters.